The van der Waals surface area contributed by atoms with Gasteiger partial charge in [0.1, 0.15) is 0 Å². The van der Waals surface area contributed by atoms with Crippen LogP contribution >= 0.6 is 7.60 Å². The maximum atomic E-state index is 11.8. The number of allylic oxidation sites excluding steroid dienone is 1. The topological polar surface area (TPSA) is 57.5 Å². The monoisotopic (exact) mass is 212 g/mol. The number of hydrogen-bond donors (Lipinski definition) is 2. The summed E-state index contributed by atoms with van der Waals surface area (Å²) < 4.78 is 66.9. The van der Waals surface area contributed by atoms with Crippen molar-refractivity contribution in [2.45, 2.75) is 6.18 Å². The Morgan fingerprint density at radius 1 is 1.17 bits per heavy atom. The highest BCUT2D eigenvalue weighted by Crippen LogP contribution is 2.50. The van der Waals surface area contributed by atoms with Gasteiger partial charge in [-0.25, -0.2) is 0 Å². The van der Waals surface area contributed by atoms with E-state index in [0.29, 0.717) is 0 Å². The summed E-state index contributed by atoms with van der Waals surface area (Å²) in [6.07, 6.45) is -5.72. The van der Waals surface area contributed by atoms with Gasteiger partial charge in [0.05, 0.1) is 0 Å². The molecule has 0 fully saturated rings. The Hall–Kier alpha value is -0.460. The van der Waals surface area contributed by atoms with Crippen LogP contribution in [-0.4, -0.2) is 16.0 Å². The lowest BCUT2D eigenvalue weighted by atomic mass is 10.6. The fraction of sp³-hybridized carbons (Fsp3) is 0.333. The van der Waals surface area contributed by atoms with Gasteiger partial charge in [0.25, 0.3) is 5.57 Å². The van der Waals surface area contributed by atoms with Gasteiger partial charge in [-0.1, -0.05) is 0 Å². The van der Waals surface area contributed by atoms with E-state index in [0.717, 1.165) is 0 Å². The van der Waals surface area contributed by atoms with Crippen LogP contribution in [0.3, 0.4) is 0 Å². The van der Waals surface area contributed by atoms with Crippen molar-refractivity contribution in [3.8, 4) is 0 Å². The molecule has 0 aromatic heterocycles. The van der Waals surface area contributed by atoms with E-state index in [2.05, 4.69) is 0 Å². The smallest absolute Gasteiger partial charge is 0.319 e. The quantitative estimate of drug-likeness (QED) is 0.514. The summed E-state index contributed by atoms with van der Waals surface area (Å²) in [5, 5.41) is 0. The maximum Gasteiger partial charge on any atom is 0.446 e. The molecule has 0 saturated heterocycles. The molecule has 0 rings (SSSR count). The second kappa shape index (κ2) is 3.12. The lowest BCUT2D eigenvalue weighted by Gasteiger charge is -2.05. The van der Waals surface area contributed by atoms with Crippen molar-refractivity contribution in [3.05, 3.63) is 11.4 Å². The molecule has 0 aromatic carbocycles. The SMILES string of the molecule is O=P(O)(O)C(F)=C(F)C(F)(F)F. The van der Waals surface area contributed by atoms with E-state index in [1.807, 2.05) is 0 Å². The fourth-order valence-electron chi connectivity index (χ4n) is 0.245. The summed E-state index contributed by atoms with van der Waals surface area (Å²) in [7, 11) is -5.79. The van der Waals surface area contributed by atoms with Gasteiger partial charge in [-0.3, -0.25) is 4.57 Å². The first-order valence-corrected chi connectivity index (χ1v) is 3.86. The third-order valence-electron chi connectivity index (χ3n) is 0.686. The molecule has 0 atom stereocenters. The van der Waals surface area contributed by atoms with Gasteiger partial charge in [0.2, 0.25) is 5.83 Å². The second-order valence-electron chi connectivity index (χ2n) is 1.65. The Labute approximate surface area is 62.7 Å². The molecule has 0 amide bonds. The Balaban J connectivity index is 5.11. The van der Waals surface area contributed by atoms with E-state index in [4.69, 9.17) is 9.79 Å². The summed E-state index contributed by atoms with van der Waals surface area (Å²) in [5.74, 6) is -3.41. The zero-order chi connectivity index (χ0) is 10.2. The van der Waals surface area contributed by atoms with Gasteiger partial charge in [0, 0.05) is 0 Å². The molecular weight excluding hydrogens is 210 g/mol. The summed E-state index contributed by atoms with van der Waals surface area (Å²) >= 11 is 0. The van der Waals surface area contributed by atoms with Crippen molar-refractivity contribution in [2.75, 3.05) is 0 Å². The zero-order valence-electron chi connectivity index (χ0n) is 5.14. The van der Waals surface area contributed by atoms with Crippen LogP contribution < -0.4 is 0 Å². The summed E-state index contributed by atoms with van der Waals surface area (Å²) in [6, 6.07) is 0. The van der Waals surface area contributed by atoms with Crippen molar-refractivity contribution in [3.63, 3.8) is 0 Å². The second-order valence-corrected chi connectivity index (χ2v) is 3.13. The van der Waals surface area contributed by atoms with E-state index < -0.39 is 25.2 Å². The Kier molecular flexibility index (Phi) is 3.00. The molecule has 2 N–H and O–H groups in total. The summed E-state index contributed by atoms with van der Waals surface area (Å²) in [5.41, 5.74) is -3.10. The third kappa shape index (κ3) is 2.88. The highest BCUT2D eigenvalue weighted by molar-refractivity contribution is 7.56. The molecule has 0 aliphatic rings. The minimum atomic E-state index is -5.79. The molecule has 12 heavy (non-hydrogen) atoms. The first-order valence-electron chi connectivity index (χ1n) is 2.25. The lowest BCUT2D eigenvalue weighted by Crippen LogP contribution is -2.09. The predicted octanol–water partition coefficient (Wildman–Crippen LogP) is 1.83. The van der Waals surface area contributed by atoms with Gasteiger partial charge < -0.3 is 9.79 Å². The van der Waals surface area contributed by atoms with Crippen LogP contribution in [0.4, 0.5) is 22.0 Å². The van der Waals surface area contributed by atoms with E-state index in [9.17, 15) is 26.5 Å². The fourth-order valence-corrected chi connectivity index (χ4v) is 0.627. The minimum absolute atomic E-state index is 3.10. The van der Waals surface area contributed by atoms with Crippen molar-refractivity contribution in [1.29, 1.82) is 0 Å². The molecule has 0 aromatic rings. The van der Waals surface area contributed by atoms with Crippen molar-refractivity contribution >= 4 is 7.60 Å². The van der Waals surface area contributed by atoms with Crippen LogP contribution in [0.15, 0.2) is 11.4 Å². The largest absolute Gasteiger partial charge is 0.446 e. The van der Waals surface area contributed by atoms with Crippen LogP contribution in [0, 0.1) is 0 Å². The lowest BCUT2D eigenvalue weighted by molar-refractivity contribution is -0.110. The molecule has 0 aliphatic heterocycles. The molecule has 0 aliphatic carbocycles. The Morgan fingerprint density at radius 3 is 1.58 bits per heavy atom. The standard InChI is InChI=1S/C3H2F5O3P/c4-1(3(6,7)8)2(5)12(9,10)11/h(H2,9,10,11). The predicted molar refractivity (Wildman–Crippen MR) is 27.3 cm³/mol. The normalized spacial score (nSPS) is 15.9. The van der Waals surface area contributed by atoms with Crippen molar-refractivity contribution in [1.82, 2.24) is 0 Å². The van der Waals surface area contributed by atoms with Gasteiger partial charge in [-0.15, -0.1) is 0 Å². The Bertz CT molecular complexity index is 249. The molecule has 0 heterocycles. The molecule has 9 heteroatoms. The molecule has 0 radical (unpaired) electrons. The first-order chi connectivity index (χ1) is 5.07. The van der Waals surface area contributed by atoms with Crippen LogP contribution in [0.2, 0.25) is 0 Å². The molecular formula is C3H2F5O3P. The van der Waals surface area contributed by atoms with E-state index in [-0.39, 0.29) is 0 Å². The first kappa shape index (κ1) is 11.5. The number of alkyl halides is 3. The molecule has 3 nitrogen and oxygen atoms in total. The van der Waals surface area contributed by atoms with E-state index in [1.165, 1.54) is 0 Å². The zero-order valence-corrected chi connectivity index (χ0v) is 6.03. The van der Waals surface area contributed by atoms with Crippen LogP contribution in [0.1, 0.15) is 0 Å². The maximum absolute atomic E-state index is 11.8. The van der Waals surface area contributed by atoms with Crippen LogP contribution in [0.25, 0.3) is 0 Å². The number of halogens is 5. The number of hydrogen-bond acceptors (Lipinski definition) is 1. The average molecular weight is 212 g/mol. The summed E-state index contributed by atoms with van der Waals surface area (Å²) in [4.78, 5) is 15.5. The van der Waals surface area contributed by atoms with Gasteiger partial charge in [0.15, 0.2) is 0 Å². The van der Waals surface area contributed by atoms with E-state index in [1.54, 1.807) is 0 Å². The third-order valence-corrected chi connectivity index (χ3v) is 1.39. The minimum Gasteiger partial charge on any atom is -0.319 e. The van der Waals surface area contributed by atoms with Crippen molar-refractivity contribution in [2.24, 2.45) is 0 Å². The van der Waals surface area contributed by atoms with Crippen LogP contribution in [0.5, 0.6) is 0 Å². The van der Waals surface area contributed by atoms with Crippen molar-refractivity contribution < 1.29 is 36.3 Å². The average Bonchev–Trinajstić information content (AvgIpc) is 1.80. The molecule has 0 saturated carbocycles. The van der Waals surface area contributed by atoms with E-state index >= 15 is 0 Å². The molecule has 72 valence electrons. The number of rotatable bonds is 1. The van der Waals surface area contributed by atoms with Crippen LogP contribution in [-0.2, 0) is 4.57 Å². The van der Waals surface area contributed by atoms with Gasteiger partial charge in [-0.2, -0.15) is 22.0 Å². The van der Waals surface area contributed by atoms with Gasteiger partial charge >= 0.3 is 13.8 Å². The molecule has 0 spiro atoms. The highest BCUT2D eigenvalue weighted by Gasteiger charge is 2.43. The van der Waals surface area contributed by atoms with Gasteiger partial charge in [-0.05, 0) is 0 Å². The molecule has 0 bridgehead atoms. The Morgan fingerprint density at radius 2 is 1.50 bits per heavy atom. The highest BCUT2D eigenvalue weighted by atomic mass is 31.2. The molecule has 0 unspecified atom stereocenters. The summed E-state index contributed by atoms with van der Waals surface area (Å²) in [6.45, 7) is 0.